The summed E-state index contributed by atoms with van der Waals surface area (Å²) in [7, 11) is 0. The summed E-state index contributed by atoms with van der Waals surface area (Å²) < 4.78 is 0. The lowest BCUT2D eigenvalue weighted by Gasteiger charge is -2.32. The van der Waals surface area contributed by atoms with Crippen LogP contribution in [-0.2, 0) is 10.8 Å². The molecular formula is C48H39N. The monoisotopic (exact) mass is 629 g/mol. The highest BCUT2D eigenvalue weighted by Gasteiger charge is 2.39. The highest BCUT2D eigenvalue weighted by molar-refractivity contribution is 5.99. The second kappa shape index (κ2) is 10.9. The van der Waals surface area contributed by atoms with Gasteiger partial charge in [-0.2, -0.15) is 0 Å². The van der Waals surface area contributed by atoms with E-state index < -0.39 is 0 Å². The Kier molecular flexibility index (Phi) is 6.58. The van der Waals surface area contributed by atoms with Crippen LogP contribution in [0.5, 0.6) is 0 Å². The van der Waals surface area contributed by atoms with Crippen molar-refractivity contribution in [1.29, 1.82) is 0 Å². The van der Waals surface area contributed by atoms with Gasteiger partial charge in [-0.05, 0) is 86.0 Å². The Bertz CT molecular complexity index is 2380. The molecule has 0 fully saturated rings. The topological polar surface area (TPSA) is 3.24 Å². The molecule has 7 aromatic rings. The third-order valence-electron chi connectivity index (χ3n) is 11.1. The second-order valence-corrected chi connectivity index (χ2v) is 14.6. The Morgan fingerprint density at radius 3 is 1.65 bits per heavy atom. The molecule has 9 rings (SSSR count). The third kappa shape index (κ3) is 4.46. The molecule has 0 unspecified atom stereocenters. The summed E-state index contributed by atoms with van der Waals surface area (Å²) in [5.74, 6) is 0. The molecule has 0 heterocycles. The number of rotatable bonds is 5. The van der Waals surface area contributed by atoms with Gasteiger partial charge >= 0.3 is 0 Å². The lowest BCUT2D eigenvalue weighted by atomic mass is 9.82. The van der Waals surface area contributed by atoms with Gasteiger partial charge in [0.25, 0.3) is 0 Å². The summed E-state index contributed by atoms with van der Waals surface area (Å²) in [5.41, 5.74) is 19.0. The summed E-state index contributed by atoms with van der Waals surface area (Å²) in [6, 6.07) is 60.5. The van der Waals surface area contributed by atoms with E-state index in [2.05, 4.69) is 196 Å². The molecule has 236 valence electrons. The molecule has 0 N–H and O–H groups in total. The van der Waals surface area contributed by atoms with Crippen LogP contribution >= 0.6 is 0 Å². The summed E-state index contributed by atoms with van der Waals surface area (Å²) in [6.07, 6.45) is 0. The number of hydrogen-bond donors (Lipinski definition) is 0. The van der Waals surface area contributed by atoms with E-state index in [0.29, 0.717) is 0 Å². The maximum absolute atomic E-state index is 2.54. The van der Waals surface area contributed by atoms with Crippen molar-refractivity contribution in [2.75, 3.05) is 4.90 Å². The molecule has 49 heavy (non-hydrogen) atoms. The molecule has 2 aliphatic rings. The van der Waals surface area contributed by atoms with Crippen molar-refractivity contribution in [3.8, 4) is 44.5 Å². The summed E-state index contributed by atoms with van der Waals surface area (Å²) >= 11 is 0. The van der Waals surface area contributed by atoms with E-state index in [1.165, 1.54) is 78.1 Å². The molecule has 0 radical (unpaired) electrons. The normalized spacial score (nSPS) is 14.4. The fraction of sp³-hybridized carbons (Fsp3) is 0.125. The lowest BCUT2D eigenvalue weighted by molar-refractivity contribution is 0.660. The minimum absolute atomic E-state index is 0.103. The van der Waals surface area contributed by atoms with Crippen LogP contribution in [0.25, 0.3) is 44.5 Å². The van der Waals surface area contributed by atoms with Crippen LogP contribution in [0, 0.1) is 0 Å². The van der Waals surface area contributed by atoms with E-state index in [4.69, 9.17) is 0 Å². The molecule has 0 aromatic heterocycles. The Morgan fingerprint density at radius 1 is 0.347 bits per heavy atom. The van der Waals surface area contributed by atoms with Crippen molar-refractivity contribution in [3.05, 3.63) is 186 Å². The van der Waals surface area contributed by atoms with Crippen molar-refractivity contribution in [1.82, 2.24) is 0 Å². The minimum atomic E-state index is -0.111. The summed E-state index contributed by atoms with van der Waals surface area (Å²) in [5, 5.41) is 0. The van der Waals surface area contributed by atoms with Gasteiger partial charge < -0.3 is 4.90 Å². The SMILES string of the molecule is CC1(C)c2ccccc2-c2ccc(N(c3ccc(-c4ccccc4)cc3-c3ccccc3)c3cccc4c3-c3ccccc3C4(C)C)cc21. The van der Waals surface area contributed by atoms with Crippen LogP contribution in [0.15, 0.2) is 164 Å². The first-order chi connectivity index (χ1) is 23.8. The van der Waals surface area contributed by atoms with E-state index in [1.807, 2.05) is 0 Å². The number of nitrogens with zero attached hydrogens (tertiary/aromatic N) is 1. The molecule has 1 nitrogen and oxygen atoms in total. The van der Waals surface area contributed by atoms with Gasteiger partial charge in [-0.15, -0.1) is 0 Å². The van der Waals surface area contributed by atoms with Gasteiger partial charge in [-0.25, -0.2) is 0 Å². The number of benzene rings is 7. The van der Waals surface area contributed by atoms with Crippen LogP contribution in [-0.4, -0.2) is 0 Å². The molecule has 0 saturated heterocycles. The maximum atomic E-state index is 2.54. The number of fused-ring (bicyclic) bond motifs is 6. The number of hydrogen-bond acceptors (Lipinski definition) is 1. The zero-order valence-corrected chi connectivity index (χ0v) is 28.5. The highest BCUT2D eigenvalue weighted by atomic mass is 15.1. The van der Waals surface area contributed by atoms with Crippen LogP contribution in [0.3, 0.4) is 0 Å². The van der Waals surface area contributed by atoms with E-state index in [-0.39, 0.29) is 10.8 Å². The maximum Gasteiger partial charge on any atom is 0.0543 e. The standard InChI is InChI=1S/C48H39N/c1-47(2)41-23-14-12-21-38(41)46-42(47)24-15-25-45(46)49(35-27-28-37-36-20-11-13-22-40(36)48(3,4)43(37)31-35)44-29-26-34(32-16-7-5-8-17-32)30-39(44)33-18-9-6-10-19-33/h5-31H,1-4H3. The largest absolute Gasteiger partial charge is 0.309 e. The Balaban J connectivity index is 1.35. The van der Waals surface area contributed by atoms with Crippen molar-refractivity contribution >= 4 is 17.1 Å². The first-order valence-electron chi connectivity index (χ1n) is 17.4. The van der Waals surface area contributed by atoms with Gasteiger partial charge in [0.15, 0.2) is 0 Å². The van der Waals surface area contributed by atoms with Crippen molar-refractivity contribution in [2.45, 2.75) is 38.5 Å². The predicted molar refractivity (Wildman–Crippen MR) is 207 cm³/mol. The van der Waals surface area contributed by atoms with E-state index in [0.717, 1.165) is 5.69 Å². The van der Waals surface area contributed by atoms with E-state index >= 15 is 0 Å². The Morgan fingerprint density at radius 2 is 0.918 bits per heavy atom. The molecule has 0 saturated carbocycles. The highest BCUT2D eigenvalue weighted by Crippen LogP contribution is 2.56. The van der Waals surface area contributed by atoms with Crippen molar-refractivity contribution in [3.63, 3.8) is 0 Å². The minimum Gasteiger partial charge on any atom is -0.309 e. The zero-order chi connectivity index (χ0) is 33.3. The third-order valence-corrected chi connectivity index (χ3v) is 11.1. The zero-order valence-electron chi connectivity index (χ0n) is 28.5. The first-order valence-corrected chi connectivity index (χ1v) is 17.4. The molecule has 2 aliphatic carbocycles. The fourth-order valence-electron chi connectivity index (χ4n) is 8.55. The smallest absolute Gasteiger partial charge is 0.0543 e. The van der Waals surface area contributed by atoms with Crippen molar-refractivity contribution in [2.24, 2.45) is 0 Å². The van der Waals surface area contributed by atoms with Crippen LogP contribution in [0.2, 0.25) is 0 Å². The summed E-state index contributed by atoms with van der Waals surface area (Å²) in [6.45, 7) is 9.47. The molecule has 0 atom stereocenters. The van der Waals surface area contributed by atoms with Crippen LogP contribution in [0.4, 0.5) is 17.1 Å². The van der Waals surface area contributed by atoms with Gasteiger partial charge in [0.05, 0.1) is 11.4 Å². The van der Waals surface area contributed by atoms with Gasteiger partial charge in [0, 0.05) is 27.6 Å². The van der Waals surface area contributed by atoms with Gasteiger partial charge in [-0.1, -0.05) is 161 Å². The van der Waals surface area contributed by atoms with Gasteiger partial charge in [0.2, 0.25) is 0 Å². The Labute approximate surface area is 290 Å². The number of anilines is 3. The Hall–Kier alpha value is -5.66. The summed E-state index contributed by atoms with van der Waals surface area (Å²) in [4.78, 5) is 2.54. The van der Waals surface area contributed by atoms with Crippen LogP contribution < -0.4 is 4.90 Å². The average Bonchev–Trinajstić information content (AvgIpc) is 3.52. The van der Waals surface area contributed by atoms with Crippen LogP contribution in [0.1, 0.15) is 49.9 Å². The molecule has 0 aliphatic heterocycles. The predicted octanol–water partition coefficient (Wildman–Crippen LogP) is 13.1. The first kappa shape index (κ1) is 29.5. The van der Waals surface area contributed by atoms with Crippen molar-refractivity contribution < 1.29 is 0 Å². The van der Waals surface area contributed by atoms with Gasteiger partial charge in [-0.3, -0.25) is 0 Å². The molecule has 1 heteroatoms. The molecule has 7 aromatic carbocycles. The molecule has 0 amide bonds. The fourth-order valence-corrected chi connectivity index (χ4v) is 8.55. The molecular weight excluding hydrogens is 591 g/mol. The van der Waals surface area contributed by atoms with E-state index in [9.17, 15) is 0 Å². The molecule has 0 bridgehead atoms. The van der Waals surface area contributed by atoms with Gasteiger partial charge in [0.1, 0.15) is 0 Å². The average molecular weight is 630 g/mol. The quantitative estimate of drug-likeness (QED) is 0.183. The second-order valence-electron chi connectivity index (χ2n) is 14.6. The van der Waals surface area contributed by atoms with E-state index in [1.54, 1.807) is 0 Å². The lowest BCUT2D eigenvalue weighted by Crippen LogP contribution is -2.18. The molecule has 0 spiro atoms.